The maximum atomic E-state index is 13.6. The number of halogens is 2. The van der Waals surface area contributed by atoms with E-state index in [1.54, 1.807) is 0 Å². The molecule has 26 heavy (non-hydrogen) atoms. The number of aromatic nitrogens is 4. The molecule has 0 unspecified atom stereocenters. The number of rotatable bonds is 2. The highest BCUT2D eigenvalue weighted by Gasteiger charge is 2.35. The van der Waals surface area contributed by atoms with E-state index in [1.807, 2.05) is 23.6 Å². The lowest BCUT2D eigenvalue weighted by atomic mass is 10.1. The molecule has 4 heterocycles. The van der Waals surface area contributed by atoms with Crippen molar-refractivity contribution in [1.82, 2.24) is 19.9 Å². The van der Waals surface area contributed by atoms with Gasteiger partial charge in [0.2, 0.25) is 5.95 Å². The largest absolute Gasteiger partial charge is 0.378 e. The van der Waals surface area contributed by atoms with Crippen molar-refractivity contribution >= 4 is 22.9 Å². The van der Waals surface area contributed by atoms with Crippen LogP contribution in [0.4, 0.5) is 20.5 Å². The number of morpholine rings is 1. The molecular weight excluding hydrogens is 342 g/mol. The summed E-state index contributed by atoms with van der Waals surface area (Å²) in [7, 11) is 0. The Morgan fingerprint density at radius 3 is 2.19 bits per heavy atom. The Kier molecular flexibility index (Phi) is 4.34. The number of hydrogen-bond acceptors (Lipinski definition) is 7. The first kappa shape index (κ1) is 17.3. The molecule has 2 saturated heterocycles. The van der Waals surface area contributed by atoms with Crippen molar-refractivity contribution in [2.24, 2.45) is 0 Å². The second kappa shape index (κ2) is 6.53. The Bertz CT molecular complexity index is 814. The molecule has 9 heteroatoms. The van der Waals surface area contributed by atoms with Crippen molar-refractivity contribution in [2.45, 2.75) is 32.6 Å². The highest BCUT2D eigenvalue weighted by molar-refractivity contribution is 5.84. The first-order chi connectivity index (χ1) is 12.4. The fourth-order valence-corrected chi connectivity index (χ4v) is 3.26. The molecule has 0 radical (unpaired) electrons. The van der Waals surface area contributed by atoms with Gasteiger partial charge in [-0.05, 0) is 13.8 Å². The summed E-state index contributed by atoms with van der Waals surface area (Å²) in [4.78, 5) is 22.4. The molecule has 0 aromatic carbocycles. The molecule has 140 valence electrons. The fraction of sp³-hybridized carbons (Fsp3) is 0.647. The molecule has 0 amide bonds. The third-order valence-electron chi connectivity index (χ3n) is 5.00. The highest BCUT2D eigenvalue weighted by atomic mass is 19.3. The van der Waals surface area contributed by atoms with E-state index in [0.29, 0.717) is 49.2 Å². The number of anilines is 2. The van der Waals surface area contributed by atoms with Crippen molar-refractivity contribution in [1.29, 1.82) is 0 Å². The first-order valence-electron chi connectivity index (χ1n) is 8.91. The molecule has 2 aromatic rings. The molecule has 0 aliphatic carbocycles. The Hall–Kier alpha value is -2.16. The highest BCUT2D eigenvalue weighted by Crippen LogP contribution is 2.33. The molecule has 2 aliphatic rings. The standard InChI is InChI=1S/C17H22F2N6O/c1-11-12(2)21-14-13(20-11)15(24-5-3-17(18,19)4-6-24)23-16(22-14)25-7-9-26-10-8-25/h3-10H2,1-2H3. The van der Waals surface area contributed by atoms with Gasteiger partial charge in [0, 0.05) is 39.0 Å². The summed E-state index contributed by atoms with van der Waals surface area (Å²) in [5.41, 5.74) is 2.69. The lowest BCUT2D eigenvalue weighted by molar-refractivity contribution is -0.0221. The van der Waals surface area contributed by atoms with Crippen LogP contribution in [-0.2, 0) is 4.74 Å². The summed E-state index contributed by atoms with van der Waals surface area (Å²) in [5, 5.41) is 0. The van der Waals surface area contributed by atoms with Crippen molar-refractivity contribution < 1.29 is 13.5 Å². The summed E-state index contributed by atoms with van der Waals surface area (Å²) in [6.45, 7) is 6.89. The van der Waals surface area contributed by atoms with E-state index < -0.39 is 5.92 Å². The molecule has 0 N–H and O–H groups in total. The van der Waals surface area contributed by atoms with Crippen LogP contribution in [0.1, 0.15) is 24.2 Å². The van der Waals surface area contributed by atoms with E-state index in [4.69, 9.17) is 9.72 Å². The molecule has 2 aromatic heterocycles. The van der Waals surface area contributed by atoms with Crippen LogP contribution >= 0.6 is 0 Å². The van der Waals surface area contributed by atoms with Gasteiger partial charge in [-0.15, -0.1) is 0 Å². The fourth-order valence-electron chi connectivity index (χ4n) is 3.26. The number of piperidine rings is 1. The Morgan fingerprint density at radius 2 is 1.50 bits per heavy atom. The maximum Gasteiger partial charge on any atom is 0.251 e. The molecule has 4 rings (SSSR count). The maximum absolute atomic E-state index is 13.6. The summed E-state index contributed by atoms with van der Waals surface area (Å²) in [5.74, 6) is -1.45. The molecule has 0 atom stereocenters. The molecule has 0 saturated carbocycles. The van der Waals surface area contributed by atoms with E-state index in [1.165, 1.54) is 0 Å². The number of aryl methyl sites for hydroxylation is 2. The summed E-state index contributed by atoms with van der Waals surface area (Å²) >= 11 is 0. The molecule has 0 spiro atoms. The predicted molar refractivity (Wildman–Crippen MR) is 94.0 cm³/mol. The minimum atomic E-state index is -2.61. The smallest absolute Gasteiger partial charge is 0.251 e. The molecular formula is C17H22F2N6O. The van der Waals surface area contributed by atoms with Gasteiger partial charge < -0.3 is 14.5 Å². The molecule has 7 nitrogen and oxygen atoms in total. The van der Waals surface area contributed by atoms with Gasteiger partial charge in [-0.3, -0.25) is 0 Å². The number of hydrogen-bond donors (Lipinski definition) is 0. The van der Waals surface area contributed by atoms with Crippen molar-refractivity contribution in [3.8, 4) is 0 Å². The Labute approximate surface area is 150 Å². The van der Waals surface area contributed by atoms with Crippen LogP contribution in [0.3, 0.4) is 0 Å². The van der Waals surface area contributed by atoms with Crippen LogP contribution in [0.15, 0.2) is 0 Å². The van der Waals surface area contributed by atoms with E-state index in [2.05, 4.69) is 15.0 Å². The van der Waals surface area contributed by atoms with Gasteiger partial charge in [0.15, 0.2) is 17.0 Å². The Balaban J connectivity index is 1.79. The van der Waals surface area contributed by atoms with Crippen molar-refractivity contribution in [3.05, 3.63) is 11.4 Å². The van der Waals surface area contributed by atoms with Crippen molar-refractivity contribution in [3.63, 3.8) is 0 Å². The lowest BCUT2D eigenvalue weighted by Crippen LogP contribution is -2.41. The third kappa shape index (κ3) is 3.27. The minimum Gasteiger partial charge on any atom is -0.378 e. The zero-order valence-electron chi connectivity index (χ0n) is 15.0. The number of alkyl halides is 2. The van der Waals surface area contributed by atoms with Crippen molar-refractivity contribution in [2.75, 3.05) is 49.2 Å². The second-order valence-electron chi connectivity index (χ2n) is 6.86. The average Bonchev–Trinajstić information content (AvgIpc) is 2.63. The lowest BCUT2D eigenvalue weighted by Gasteiger charge is -2.34. The monoisotopic (exact) mass is 364 g/mol. The minimum absolute atomic E-state index is 0.177. The van der Waals surface area contributed by atoms with Gasteiger partial charge in [-0.25, -0.2) is 18.7 Å². The number of fused-ring (bicyclic) bond motifs is 1. The van der Waals surface area contributed by atoms with E-state index in [0.717, 1.165) is 11.4 Å². The van der Waals surface area contributed by atoms with Crippen LogP contribution in [0, 0.1) is 13.8 Å². The van der Waals surface area contributed by atoms with Crippen LogP contribution in [-0.4, -0.2) is 65.3 Å². The van der Waals surface area contributed by atoms with E-state index in [-0.39, 0.29) is 25.9 Å². The van der Waals surface area contributed by atoms with E-state index >= 15 is 0 Å². The summed E-state index contributed by atoms with van der Waals surface area (Å²) in [6.07, 6.45) is -0.354. The summed E-state index contributed by atoms with van der Waals surface area (Å²) in [6, 6.07) is 0. The van der Waals surface area contributed by atoms with Crippen LogP contribution < -0.4 is 9.80 Å². The molecule has 2 aliphatic heterocycles. The van der Waals surface area contributed by atoms with Gasteiger partial charge in [0.1, 0.15) is 0 Å². The quantitative estimate of drug-likeness (QED) is 0.808. The van der Waals surface area contributed by atoms with Gasteiger partial charge in [-0.1, -0.05) is 0 Å². The second-order valence-corrected chi connectivity index (χ2v) is 6.86. The SMILES string of the molecule is Cc1nc2nc(N3CCOCC3)nc(N3CCC(F)(F)CC3)c2nc1C. The van der Waals surface area contributed by atoms with E-state index in [9.17, 15) is 8.78 Å². The zero-order valence-corrected chi connectivity index (χ0v) is 15.0. The van der Waals surface area contributed by atoms with Gasteiger partial charge >= 0.3 is 0 Å². The normalized spacial score (nSPS) is 20.6. The van der Waals surface area contributed by atoms with Crippen LogP contribution in [0.2, 0.25) is 0 Å². The zero-order chi connectivity index (χ0) is 18.3. The topological polar surface area (TPSA) is 67.3 Å². The molecule has 0 bridgehead atoms. The third-order valence-corrected chi connectivity index (χ3v) is 5.00. The van der Waals surface area contributed by atoms with Gasteiger partial charge in [-0.2, -0.15) is 9.97 Å². The number of ether oxygens (including phenoxy) is 1. The van der Waals surface area contributed by atoms with Crippen LogP contribution in [0.5, 0.6) is 0 Å². The Morgan fingerprint density at radius 1 is 0.846 bits per heavy atom. The van der Waals surface area contributed by atoms with Crippen LogP contribution in [0.25, 0.3) is 11.2 Å². The summed E-state index contributed by atoms with van der Waals surface area (Å²) < 4.78 is 32.6. The van der Waals surface area contributed by atoms with Gasteiger partial charge in [0.25, 0.3) is 5.92 Å². The van der Waals surface area contributed by atoms with Gasteiger partial charge in [0.05, 0.1) is 24.6 Å². The average molecular weight is 364 g/mol. The first-order valence-corrected chi connectivity index (χ1v) is 8.91. The molecule has 2 fully saturated rings. The predicted octanol–water partition coefficient (Wildman–Crippen LogP) is 2.11. The number of nitrogens with zero attached hydrogens (tertiary/aromatic N) is 6.